The number of hydrogen-bond donors (Lipinski definition) is 1. The van der Waals surface area contributed by atoms with Gasteiger partial charge in [0, 0.05) is 11.8 Å². The van der Waals surface area contributed by atoms with Gasteiger partial charge in [-0.15, -0.1) is 0 Å². The number of nitrogens with zero attached hydrogens (tertiary/aromatic N) is 2. The molecule has 0 radical (unpaired) electrons. The van der Waals surface area contributed by atoms with Crippen LogP contribution in [0.2, 0.25) is 0 Å². The summed E-state index contributed by atoms with van der Waals surface area (Å²) in [5.74, 6) is 0.934. The SMILES string of the molecule is CC(C)(C)C(=O)Oc1cccc(-c2nc3cccnc3[nH]2)c1. The van der Waals surface area contributed by atoms with Gasteiger partial charge >= 0.3 is 5.97 Å². The summed E-state index contributed by atoms with van der Waals surface area (Å²) >= 11 is 0. The zero-order valence-electron chi connectivity index (χ0n) is 12.8. The summed E-state index contributed by atoms with van der Waals surface area (Å²) in [6, 6.07) is 11.0. The Hall–Kier alpha value is -2.69. The number of imidazole rings is 1. The molecule has 0 saturated heterocycles. The molecular formula is C17H17N3O2. The molecule has 1 N–H and O–H groups in total. The molecule has 2 aromatic heterocycles. The van der Waals surface area contributed by atoms with Crippen molar-refractivity contribution in [3.8, 4) is 17.1 Å². The second-order valence-electron chi connectivity index (χ2n) is 6.12. The Morgan fingerprint density at radius 3 is 2.73 bits per heavy atom. The predicted molar refractivity (Wildman–Crippen MR) is 84.4 cm³/mol. The Balaban J connectivity index is 1.92. The summed E-state index contributed by atoms with van der Waals surface area (Å²) in [7, 11) is 0. The van der Waals surface area contributed by atoms with E-state index < -0.39 is 5.41 Å². The van der Waals surface area contributed by atoms with Crippen molar-refractivity contribution in [3.63, 3.8) is 0 Å². The predicted octanol–water partition coefficient (Wildman–Crippen LogP) is 3.58. The molecule has 5 nitrogen and oxygen atoms in total. The molecule has 0 bridgehead atoms. The van der Waals surface area contributed by atoms with E-state index in [1.807, 2.05) is 45.0 Å². The monoisotopic (exact) mass is 295 g/mol. The van der Waals surface area contributed by atoms with E-state index in [1.165, 1.54) is 0 Å². The smallest absolute Gasteiger partial charge is 0.316 e. The van der Waals surface area contributed by atoms with Gasteiger partial charge in [-0.2, -0.15) is 0 Å². The zero-order valence-corrected chi connectivity index (χ0v) is 12.8. The van der Waals surface area contributed by atoms with Crippen LogP contribution in [0.5, 0.6) is 5.75 Å². The van der Waals surface area contributed by atoms with Crippen molar-refractivity contribution in [2.75, 3.05) is 0 Å². The van der Waals surface area contributed by atoms with Crippen molar-refractivity contribution in [2.24, 2.45) is 5.41 Å². The minimum atomic E-state index is -0.542. The van der Waals surface area contributed by atoms with Crippen molar-refractivity contribution < 1.29 is 9.53 Å². The summed E-state index contributed by atoms with van der Waals surface area (Å²) in [5.41, 5.74) is 1.83. The maximum Gasteiger partial charge on any atom is 0.316 e. The van der Waals surface area contributed by atoms with Crippen LogP contribution >= 0.6 is 0 Å². The van der Waals surface area contributed by atoms with E-state index in [1.54, 1.807) is 18.3 Å². The van der Waals surface area contributed by atoms with Crippen LogP contribution in [-0.4, -0.2) is 20.9 Å². The number of nitrogens with one attached hydrogen (secondary N) is 1. The van der Waals surface area contributed by atoms with Crippen LogP contribution < -0.4 is 4.74 Å². The third-order valence-corrected chi connectivity index (χ3v) is 3.19. The maximum atomic E-state index is 12.0. The van der Waals surface area contributed by atoms with Gasteiger partial charge in [-0.05, 0) is 45.0 Å². The van der Waals surface area contributed by atoms with E-state index in [9.17, 15) is 4.79 Å². The molecule has 22 heavy (non-hydrogen) atoms. The highest BCUT2D eigenvalue weighted by atomic mass is 16.5. The standard InChI is InChI=1S/C17H17N3O2/c1-17(2,3)16(21)22-12-7-4-6-11(10-12)14-19-13-8-5-9-18-15(13)20-14/h4-10H,1-3H3,(H,18,19,20). The Morgan fingerprint density at radius 2 is 2.00 bits per heavy atom. The molecule has 112 valence electrons. The van der Waals surface area contributed by atoms with Crippen molar-refractivity contribution in [1.82, 2.24) is 15.0 Å². The molecule has 3 rings (SSSR count). The fraction of sp³-hybridized carbons (Fsp3) is 0.235. The fourth-order valence-corrected chi connectivity index (χ4v) is 1.95. The molecule has 0 unspecified atom stereocenters. The van der Waals surface area contributed by atoms with Crippen LogP contribution in [0.25, 0.3) is 22.6 Å². The molecule has 0 spiro atoms. The van der Waals surface area contributed by atoms with Gasteiger partial charge in [-0.1, -0.05) is 12.1 Å². The number of carbonyl (C=O) groups excluding carboxylic acids is 1. The second-order valence-corrected chi connectivity index (χ2v) is 6.12. The minimum absolute atomic E-state index is 0.268. The van der Waals surface area contributed by atoms with Crippen molar-refractivity contribution in [2.45, 2.75) is 20.8 Å². The lowest BCUT2D eigenvalue weighted by Crippen LogP contribution is -2.25. The Morgan fingerprint density at radius 1 is 1.18 bits per heavy atom. The maximum absolute atomic E-state index is 12.0. The van der Waals surface area contributed by atoms with Gasteiger partial charge in [0.1, 0.15) is 17.1 Å². The molecule has 0 atom stereocenters. The number of esters is 1. The van der Waals surface area contributed by atoms with Crippen LogP contribution in [0.1, 0.15) is 20.8 Å². The molecule has 2 heterocycles. The van der Waals surface area contributed by atoms with E-state index >= 15 is 0 Å². The lowest BCUT2D eigenvalue weighted by Gasteiger charge is -2.16. The lowest BCUT2D eigenvalue weighted by molar-refractivity contribution is -0.142. The molecule has 0 fully saturated rings. The lowest BCUT2D eigenvalue weighted by atomic mass is 9.97. The van der Waals surface area contributed by atoms with E-state index in [0.717, 1.165) is 16.7 Å². The van der Waals surface area contributed by atoms with Gasteiger partial charge in [0.15, 0.2) is 5.65 Å². The number of aromatic amines is 1. The van der Waals surface area contributed by atoms with Crippen molar-refractivity contribution in [3.05, 3.63) is 42.6 Å². The molecular weight excluding hydrogens is 278 g/mol. The number of fused-ring (bicyclic) bond motifs is 1. The summed E-state index contributed by atoms with van der Waals surface area (Å²) in [6.45, 7) is 5.47. The number of benzene rings is 1. The van der Waals surface area contributed by atoms with Gasteiger partial charge in [-0.25, -0.2) is 9.97 Å². The van der Waals surface area contributed by atoms with Crippen LogP contribution in [0.3, 0.4) is 0 Å². The van der Waals surface area contributed by atoms with Gasteiger partial charge in [0.05, 0.1) is 5.41 Å². The number of hydrogen-bond acceptors (Lipinski definition) is 4. The number of pyridine rings is 1. The van der Waals surface area contributed by atoms with Gasteiger partial charge in [0.2, 0.25) is 0 Å². The molecule has 0 amide bonds. The first-order chi connectivity index (χ1) is 10.4. The number of carbonyl (C=O) groups is 1. The first-order valence-electron chi connectivity index (χ1n) is 7.07. The number of H-pyrrole nitrogens is 1. The second kappa shape index (κ2) is 5.26. The third-order valence-electron chi connectivity index (χ3n) is 3.19. The third kappa shape index (κ3) is 2.83. The largest absolute Gasteiger partial charge is 0.426 e. The zero-order chi connectivity index (χ0) is 15.7. The molecule has 0 aliphatic rings. The number of ether oxygens (including phenoxy) is 1. The van der Waals surface area contributed by atoms with E-state index in [4.69, 9.17) is 4.74 Å². The number of rotatable bonds is 2. The minimum Gasteiger partial charge on any atom is -0.426 e. The quantitative estimate of drug-likeness (QED) is 0.579. The average Bonchev–Trinajstić information content (AvgIpc) is 2.90. The van der Waals surface area contributed by atoms with E-state index in [2.05, 4.69) is 15.0 Å². The van der Waals surface area contributed by atoms with Crippen LogP contribution in [-0.2, 0) is 4.79 Å². The summed E-state index contributed by atoms with van der Waals surface area (Å²) < 4.78 is 5.42. The highest BCUT2D eigenvalue weighted by Crippen LogP contribution is 2.25. The topological polar surface area (TPSA) is 67.9 Å². The molecule has 0 saturated carbocycles. The summed E-state index contributed by atoms with van der Waals surface area (Å²) in [4.78, 5) is 23.8. The van der Waals surface area contributed by atoms with E-state index in [0.29, 0.717) is 11.6 Å². The highest BCUT2D eigenvalue weighted by molar-refractivity contribution is 5.79. The first-order valence-corrected chi connectivity index (χ1v) is 7.07. The van der Waals surface area contributed by atoms with Crippen molar-refractivity contribution in [1.29, 1.82) is 0 Å². The average molecular weight is 295 g/mol. The highest BCUT2D eigenvalue weighted by Gasteiger charge is 2.23. The Bertz CT molecular complexity index is 798. The normalized spacial score (nSPS) is 11.6. The molecule has 0 aliphatic heterocycles. The van der Waals surface area contributed by atoms with E-state index in [-0.39, 0.29) is 5.97 Å². The summed E-state index contributed by atoms with van der Waals surface area (Å²) in [5, 5.41) is 0. The van der Waals surface area contributed by atoms with Gasteiger partial charge in [-0.3, -0.25) is 4.79 Å². The molecule has 3 aromatic rings. The Labute approximate surface area is 128 Å². The number of aromatic nitrogens is 3. The molecule has 0 aliphatic carbocycles. The summed E-state index contributed by atoms with van der Waals surface area (Å²) in [6.07, 6.45) is 1.71. The van der Waals surface area contributed by atoms with Crippen LogP contribution in [0.15, 0.2) is 42.6 Å². The van der Waals surface area contributed by atoms with Crippen LogP contribution in [0, 0.1) is 5.41 Å². The fourth-order valence-electron chi connectivity index (χ4n) is 1.95. The van der Waals surface area contributed by atoms with Gasteiger partial charge < -0.3 is 9.72 Å². The van der Waals surface area contributed by atoms with Gasteiger partial charge in [0.25, 0.3) is 0 Å². The van der Waals surface area contributed by atoms with Crippen molar-refractivity contribution >= 4 is 17.1 Å². The van der Waals surface area contributed by atoms with Crippen LogP contribution in [0.4, 0.5) is 0 Å². The molecule has 1 aromatic carbocycles. The first kappa shape index (κ1) is 14.3. The molecule has 5 heteroatoms. The Kier molecular flexibility index (Phi) is 3.41.